The van der Waals surface area contributed by atoms with Crippen molar-refractivity contribution in [2.75, 3.05) is 31.5 Å². The SMILES string of the molecule is O=C(C[NH+]1CCC[C@@H]2CCCC[C@@H]21)Nc1cccc(S(=O)(=O)N2CCCCC2)c1. The molecule has 1 saturated carbocycles. The summed E-state index contributed by atoms with van der Waals surface area (Å²) in [4.78, 5) is 14.4. The van der Waals surface area contributed by atoms with Crippen molar-refractivity contribution in [3.8, 4) is 0 Å². The number of anilines is 1. The maximum Gasteiger partial charge on any atom is 0.279 e. The van der Waals surface area contributed by atoms with Crippen molar-refractivity contribution in [3.63, 3.8) is 0 Å². The molecule has 2 aliphatic heterocycles. The second-order valence-electron chi connectivity index (χ2n) is 8.92. The molecule has 6 nitrogen and oxygen atoms in total. The van der Waals surface area contributed by atoms with Gasteiger partial charge in [0.05, 0.1) is 17.5 Å². The van der Waals surface area contributed by atoms with Gasteiger partial charge in [-0.25, -0.2) is 8.42 Å². The zero-order chi connectivity index (χ0) is 20.3. The third-order valence-corrected chi connectivity index (χ3v) is 8.86. The summed E-state index contributed by atoms with van der Waals surface area (Å²) in [7, 11) is -3.49. The Morgan fingerprint density at radius 1 is 1.03 bits per heavy atom. The van der Waals surface area contributed by atoms with Gasteiger partial charge in [0.2, 0.25) is 10.0 Å². The van der Waals surface area contributed by atoms with Crippen molar-refractivity contribution >= 4 is 21.6 Å². The molecule has 1 aliphatic carbocycles. The van der Waals surface area contributed by atoms with Gasteiger partial charge >= 0.3 is 0 Å². The summed E-state index contributed by atoms with van der Waals surface area (Å²) < 4.78 is 27.4. The van der Waals surface area contributed by atoms with Crippen molar-refractivity contribution in [3.05, 3.63) is 24.3 Å². The summed E-state index contributed by atoms with van der Waals surface area (Å²) >= 11 is 0. The number of benzene rings is 1. The first-order chi connectivity index (χ1) is 14.0. The molecule has 0 spiro atoms. The lowest BCUT2D eigenvalue weighted by Gasteiger charge is -2.40. The number of fused-ring (bicyclic) bond motifs is 1. The molecule has 1 unspecified atom stereocenters. The Morgan fingerprint density at radius 3 is 2.62 bits per heavy atom. The van der Waals surface area contributed by atoms with E-state index < -0.39 is 10.0 Å². The van der Waals surface area contributed by atoms with Crippen LogP contribution in [0.1, 0.15) is 57.8 Å². The van der Waals surface area contributed by atoms with Crippen LogP contribution in [0.25, 0.3) is 0 Å². The quantitative estimate of drug-likeness (QED) is 0.766. The van der Waals surface area contributed by atoms with E-state index in [2.05, 4.69) is 5.32 Å². The fraction of sp³-hybridized carbons (Fsp3) is 0.682. The van der Waals surface area contributed by atoms with Crippen molar-refractivity contribution in [1.29, 1.82) is 0 Å². The first-order valence-electron chi connectivity index (χ1n) is 11.3. The minimum atomic E-state index is -3.49. The molecule has 7 heteroatoms. The molecule has 3 atom stereocenters. The normalized spacial score (nSPS) is 28.5. The molecule has 160 valence electrons. The van der Waals surface area contributed by atoms with E-state index in [0.29, 0.717) is 31.4 Å². The van der Waals surface area contributed by atoms with Gasteiger partial charge in [-0.2, -0.15) is 4.31 Å². The molecule has 1 aromatic carbocycles. The lowest BCUT2D eigenvalue weighted by atomic mass is 9.78. The topological polar surface area (TPSA) is 70.9 Å². The highest BCUT2D eigenvalue weighted by Crippen LogP contribution is 2.28. The monoisotopic (exact) mass is 420 g/mol. The van der Waals surface area contributed by atoms with Crippen LogP contribution in [0.4, 0.5) is 5.69 Å². The molecule has 0 aromatic heterocycles. The molecule has 3 fully saturated rings. The van der Waals surface area contributed by atoms with E-state index in [-0.39, 0.29) is 10.8 Å². The molecule has 1 amide bonds. The van der Waals surface area contributed by atoms with Gasteiger partial charge in [-0.3, -0.25) is 4.79 Å². The van der Waals surface area contributed by atoms with Gasteiger partial charge in [0.15, 0.2) is 6.54 Å². The molecule has 29 heavy (non-hydrogen) atoms. The fourth-order valence-electron chi connectivity index (χ4n) is 5.49. The molecule has 2 N–H and O–H groups in total. The molecular formula is C22H34N3O3S+. The van der Waals surface area contributed by atoms with Gasteiger partial charge < -0.3 is 10.2 Å². The first-order valence-corrected chi connectivity index (χ1v) is 12.7. The Kier molecular flexibility index (Phi) is 6.56. The molecule has 2 heterocycles. The number of carbonyl (C=O) groups is 1. The number of piperidine rings is 2. The summed E-state index contributed by atoms with van der Waals surface area (Å²) in [6.45, 7) is 2.71. The molecule has 2 saturated heterocycles. The van der Waals surface area contributed by atoms with Gasteiger partial charge in [0.1, 0.15) is 0 Å². The third kappa shape index (κ3) is 4.84. The second-order valence-corrected chi connectivity index (χ2v) is 10.9. The maximum atomic E-state index is 12.9. The van der Waals surface area contributed by atoms with Gasteiger partial charge in [0.25, 0.3) is 5.91 Å². The number of likely N-dealkylation sites (tertiary alicyclic amines) is 1. The van der Waals surface area contributed by atoms with E-state index in [1.54, 1.807) is 28.6 Å². The largest absolute Gasteiger partial charge is 0.324 e. The predicted octanol–water partition coefficient (Wildman–Crippen LogP) is 2.04. The van der Waals surface area contributed by atoms with Crippen molar-refractivity contribution in [1.82, 2.24) is 4.31 Å². The van der Waals surface area contributed by atoms with Crippen LogP contribution in [0.15, 0.2) is 29.2 Å². The molecular weight excluding hydrogens is 386 g/mol. The van der Waals surface area contributed by atoms with E-state index in [0.717, 1.165) is 31.7 Å². The molecule has 0 bridgehead atoms. The summed E-state index contributed by atoms with van der Waals surface area (Å²) in [6, 6.07) is 7.35. The maximum absolute atomic E-state index is 12.9. The standard InChI is InChI=1S/C22H33N3O3S/c26-22(17-24-13-7-9-18-8-2-3-12-21(18)24)23-19-10-6-11-20(16-19)29(27,28)25-14-4-1-5-15-25/h6,10-11,16,18,21H,1-5,7-9,12-15,17H2,(H,23,26)/p+1/t18-,21-/m0/s1. The second kappa shape index (κ2) is 9.14. The number of carbonyl (C=O) groups excluding carboxylic acids is 1. The number of nitrogens with zero attached hydrogens (tertiary/aromatic N) is 1. The summed E-state index contributed by atoms with van der Waals surface area (Å²) in [6.07, 6.45) is 10.6. The Hall–Kier alpha value is -1.44. The molecule has 0 radical (unpaired) electrons. The Bertz CT molecular complexity index is 818. The van der Waals surface area contributed by atoms with Crippen LogP contribution in [0.5, 0.6) is 0 Å². The van der Waals surface area contributed by atoms with E-state index in [9.17, 15) is 13.2 Å². The number of rotatable bonds is 5. The van der Waals surface area contributed by atoms with Crippen LogP contribution in [0.2, 0.25) is 0 Å². The van der Waals surface area contributed by atoms with E-state index >= 15 is 0 Å². The number of hydrogen-bond donors (Lipinski definition) is 2. The van der Waals surface area contributed by atoms with Gasteiger partial charge in [-0.15, -0.1) is 0 Å². The average Bonchev–Trinajstić information content (AvgIpc) is 2.75. The first kappa shape index (κ1) is 20.8. The van der Waals surface area contributed by atoms with Crippen molar-refractivity contribution in [2.45, 2.75) is 68.7 Å². The van der Waals surface area contributed by atoms with Crippen molar-refractivity contribution < 1.29 is 18.1 Å². The van der Waals surface area contributed by atoms with Crippen LogP contribution >= 0.6 is 0 Å². The minimum Gasteiger partial charge on any atom is -0.324 e. The van der Waals surface area contributed by atoms with E-state index in [1.807, 2.05) is 0 Å². The fourth-order valence-corrected chi connectivity index (χ4v) is 7.05. The molecule has 4 rings (SSSR count). The predicted molar refractivity (Wildman–Crippen MR) is 113 cm³/mol. The Morgan fingerprint density at radius 2 is 1.79 bits per heavy atom. The summed E-state index contributed by atoms with van der Waals surface area (Å²) in [5.41, 5.74) is 0.574. The van der Waals surface area contributed by atoms with Crippen LogP contribution in [0.3, 0.4) is 0 Å². The number of quaternary nitrogens is 1. The van der Waals surface area contributed by atoms with Crippen LogP contribution in [-0.4, -0.2) is 50.9 Å². The highest BCUT2D eigenvalue weighted by atomic mass is 32.2. The lowest BCUT2D eigenvalue weighted by Crippen LogP contribution is -3.18. The Labute approximate surface area is 174 Å². The average molecular weight is 421 g/mol. The third-order valence-electron chi connectivity index (χ3n) is 6.96. The highest BCUT2D eigenvalue weighted by Gasteiger charge is 2.37. The van der Waals surface area contributed by atoms with Gasteiger partial charge in [-0.1, -0.05) is 18.9 Å². The molecule has 3 aliphatic rings. The van der Waals surface area contributed by atoms with Gasteiger partial charge in [0, 0.05) is 24.7 Å². The van der Waals surface area contributed by atoms with E-state index in [4.69, 9.17) is 0 Å². The summed E-state index contributed by atoms with van der Waals surface area (Å²) in [5.74, 6) is 0.761. The van der Waals surface area contributed by atoms with Crippen LogP contribution in [0, 0.1) is 5.92 Å². The summed E-state index contributed by atoms with van der Waals surface area (Å²) in [5, 5.41) is 2.96. The highest BCUT2D eigenvalue weighted by molar-refractivity contribution is 7.89. The Balaban J connectivity index is 1.40. The van der Waals surface area contributed by atoms with Gasteiger partial charge in [-0.05, 0) is 63.1 Å². The smallest absolute Gasteiger partial charge is 0.279 e. The number of hydrogen-bond acceptors (Lipinski definition) is 3. The number of nitrogens with one attached hydrogen (secondary N) is 2. The van der Waals surface area contributed by atoms with Crippen LogP contribution < -0.4 is 10.2 Å². The zero-order valence-corrected chi connectivity index (χ0v) is 18.1. The van der Waals surface area contributed by atoms with Crippen LogP contribution in [-0.2, 0) is 14.8 Å². The molecule has 1 aromatic rings. The number of amides is 1. The lowest BCUT2D eigenvalue weighted by molar-refractivity contribution is -0.928. The zero-order valence-electron chi connectivity index (χ0n) is 17.2. The number of sulfonamides is 1. The minimum absolute atomic E-state index is 0.0151. The van der Waals surface area contributed by atoms with Crippen molar-refractivity contribution in [2.24, 2.45) is 5.92 Å². The van der Waals surface area contributed by atoms with E-state index in [1.165, 1.54) is 43.4 Å².